The Morgan fingerprint density at radius 1 is 0.810 bits per heavy atom. The third-order valence-corrected chi connectivity index (χ3v) is 11.8. The molecule has 0 N–H and O–H groups in total. The molecule has 0 bridgehead atoms. The molecule has 0 aromatic carbocycles. The summed E-state index contributed by atoms with van der Waals surface area (Å²) in [4.78, 5) is 48.5. The van der Waals surface area contributed by atoms with Gasteiger partial charge in [-0.25, -0.2) is 0 Å². The van der Waals surface area contributed by atoms with E-state index in [9.17, 15) is 19.2 Å². The average molecular weight is 589 g/mol. The lowest BCUT2D eigenvalue weighted by Gasteiger charge is -2.64. The Labute approximate surface area is 251 Å². The van der Waals surface area contributed by atoms with Crippen molar-refractivity contribution < 1.29 is 38.1 Å². The molecule has 4 saturated carbocycles. The Morgan fingerprint density at radius 2 is 1.45 bits per heavy atom. The molecule has 0 heterocycles. The third-order valence-electron chi connectivity index (χ3n) is 11.8. The van der Waals surface area contributed by atoms with Gasteiger partial charge in [0.1, 0.15) is 18.3 Å². The highest BCUT2D eigenvalue weighted by Crippen LogP contribution is 2.69. The van der Waals surface area contributed by atoms with E-state index in [4.69, 9.17) is 18.9 Å². The van der Waals surface area contributed by atoms with E-state index in [1.807, 2.05) is 6.92 Å². The van der Waals surface area contributed by atoms with Crippen LogP contribution in [0.5, 0.6) is 0 Å². The fourth-order valence-corrected chi connectivity index (χ4v) is 10.2. The Morgan fingerprint density at radius 3 is 2.07 bits per heavy atom. The fraction of sp³-hybridized carbons (Fsp3) is 0.824. The van der Waals surface area contributed by atoms with E-state index in [1.165, 1.54) is 34.0 Å². The normalized spacial score (nSPS) is 40.0. The summed E-state index contributed by atoms with van der Waals surface area (Å²) in [5.41, 5.74) is -0.0369. The van der Waals surface area contributed by atoms with Crippen LogP contribution in [-0.4, -0.2) is 49.1 Å². The van der Waals surface area contributed by atoms with Crippen molar-refractivity contribution in [1.29, 1.82) is 0 Å². The van der Waals surface area contributed by atoms with Gasteiger partial charge < -0.3 is 18.9 Å². The van der Waals surface area contributed by atoms with Gasteiger partial charge in [-0.2, -0.15) is 0 Å². The maximum atomic E-state index is 12.6. The van der Waals surface area contributed by atoms with Crippen LogP contribution in [0.25, 0.3) is 0 Å². The number of hydrogen-bond donors (Lipinski definition) is 0. The van der Waals surface area contributed by atoms with Crippen molar-refractivity contribution in [3.8, 4) is 0 Å². The monoisotopic (exact) mass is 588 g/mol. The van der Waals surface area contributed by atoms with Crippen LogP contribution in [0.4, 0.5) is 0 Å². The molecule has 0 aromatic rings. The van der Waals surface area contributed by atoms with Gasteiger partial charge in [0.15, 0.2) is 5.78 Å². The minimum Gasteiger partial charge on any atom is -0.491 e. The van der Waals surface area contributed by atoms with Gasteiger partial charge in [0.25, 0.3) is 0 Å². The SMILES string of the molecule is COC(=O)CCC(C)C1CCC2C3C(OC(C)=CC(C)=O)C(OC(C)=O)C4CC(OC(C)=O)CCC4(C)C3CCC12C. The zero-order valence-corrected chi connectivity index (χ0v) is 26.9. The molecular formula is C34H52O8. The molecule has 4 fully saturated rings. The molecule has 0 aromatic heterocycles. The van der Waals surface area contributed by atoms with Crippen molar-refractivity contribution in [3.05, 3.63) is 11.8 Å². The minimum atomic E-state index is -0.513. The molecule has 8 heteroatoms. The summed E-state index contributed by atoms with van der Waals surface area (Å²) in [6.07, 6.45) is 8.24. The highest BCUT2D eigenvalue weighted by atomic mass is 16.6. The number of fused-ring (bicyclic) bond motifs is 5. The molecule has 11 unspecified atom stereocenters. The number of carbonyl (C=O) groups is 4. The highest BCUT2D eigenvalue weighted by Gasteiger charge is 2.67. The van der Waals surface area contributed by atoms with Crippen LogP contribution >= 0.6 is 0 Å². The summed E-state index contributed by atoms with van der Waals surface area (Å²) in [6.45, 7) is 13.3. The van der Waals surface area contributed by atoms with Gasteiger partial charge >= 0.3 is 17.9 Å². The van der Waals surface area contributed by atoms with Crippen LogP contribution < -0.4 is 0 Å². The predicted molar refractivity (Wildman–Crippen MR) is 157 cm³/mol. The lowest BCUT2D eigenvalue weighted by molar-refractivity contribution is -0.238. The third kappa shape index (κ3) is 6.28. The summed E-state index contributed by atoms with van der Waals surface area (Å²) < 4.78 is 23.6. The van der Waals surface area contributed by atoms with E-state index in [0.717, 1.165) is 44.9 Å². The first-order valence-electron chi connectivity index (χ1n) is 16.0. The minimum absolute atomic E-state index is 0.0311. The van der Waals surface area contributed by atoms with E-state index in [0.29, 0.717) is 42.3 Å². The Hall–Kier alpha value is -2.38. The fourth-order valence-electron chi connectivity index (χ4n) is 10.2. The van der Waals surface area contributed by atoms with Crippen LogP contribution in [0.1, 0.15) is 106 Å². The van der Waals surface area contributed by atoms with Crippen LogP contribution in [0.3, 0.4) is 0 Å². The molecule has 0 spiro atoms. The van der Waals surface area contributed by atoms with Crippen molar-refractivity contribution in [2.24, 2.45) is 46.3 Å². The highest BCUT2D eigenvalue weighted by molar-refractivity contribution is 5.87. The molecule has 0 aliphatic heterocycles. The van der Waals surface area contributed by atoms with E-state index in [-0.39, 0.29) is 52.5 Å². The van der Waals surface area contributed by atoms with Gasteiger partial charge in [-0.15, -0.1) is 0 Å². The number of ketones is 1. The number of carbonyl (C=O) groups excluding carboxylic acids is 4. The van der Waals surface area contributed by atoms with Crippen LogP contribution in [0.15, 0.2) is 11.8 Å². The van der Waals surface area contributed by atoms with Gasteiger partial charge in [0, 0.05) is 38.2 Å². The molecule has 42 heavy (non-hydrogen) atoms. The number of methoxy groups -OCH3 is 1. The second-order valence-electron chi connectivity index (χ2n) is 14.3. The molecule has 4 rings (SSSR count). The lowest BCUT2D eigenvalue weighted by atomic mass is 9.43. The Kier molecular flexibility index (Phi) is 9.83. The standard InChI is InChI=1S/C34H52O8/c1-19(9-12-29(38)39-8)25-10-11-26-30-27(14-16-33(25,26)6)34(7)15-13-24(41-22(4)36)18-28(34)31(42-23(5)37)32(30)40-21(3)17-20(2)35/h17,19,24-28,30-32H,9-16,18H2,1-8H3. The summed E-state index contributed by atoms with van der Waals surface area (Å²) in [6, 6.07) is 0. The topological polar surface area (TPSA) is 105 Å². The van der Waals surface area contributed by atoms with Crippen LogP contribution in [0.2, 0.25) is 0 Å². The smallest absolute Gasteiger partial charge is 0.305 e. The zero-order valence-electron chi connectivity index (χ0n) is 26.9. The largest absolute Gasteiger partial charge is 0.491 e. The van der Waals surface area contributed by atoms with Crippen molar-refractivity contribution in [2.75, 3.05) is 7.11 Å². The van der Waals surface area contributed by atoms with E-state index in [2.05, 4.69) is 20.8 Å². The maximum Gasteiger partial charge on any atom is 0.305 e. The molecule has 0 saturated heterocycles. The average Bonchev–Trinajstić information content (AvgIpc) is 3.25. The van der Waals surface area contributed by atoms with Gasteiger partial charge in [0.2, 0.25) is 0 Å². The number of hydrogen-bond acceptors (Lipinski definition) is 8. The van der Waals surface area contributed by atoms with Crippen molar-refractivity contribution >= 4 is 23.7 Å². The predicted octanol–water partition coefficient (Wildman–Crippen LogP) is 6.20. The summed E-state index contributed by atoms with van der Waals surface area (Å²) >= 11 is 0. The van der Waals surface area contributed by atoms with Crippen molar-refractivity contribution in [1.82, 2.24) is 0 Å². The molecule has 0 amide bonds. The first kappa shape index (κ1) is 32.5. The van der Waals surface area contributed by atoms with Crippen LogP contribution in [-0.2, 0) is 38.1 Å². The van der Waals surface area contributed by atoms with E-state index >= 15 is 0 Å². The molecule has 4 aliphatic carbocycles. The lowest BCUT2D eigenvalue weighted by Crippen LogP contribution is -2.65. The number of ether oxygens (including phenoxy) is 4. The molecular weight excluding hydrogens is 536 g/mol. The number of esters is 3. The second kappa shape index (κ2) is 12.7. The quantitative estimate of drug-likeness (QED) is 0.136. The first-order chi connectivity index (χ1) is 19.7. The maximum absolute atomic E-state index is 12.6. The molecule has 11 atom stereocenters. The van der Waals surface area contributed by atoms with Crippen LogP contribution in [0, 0.1) is 46.3 Å². The summed E-state index contributed by atoms with van der Waals surface area (Å²) in [5, 5.41) is 0. The van der Waals surface area contributed by atoms with Gasteiger partial charge in [-0.3, -0.25) is 19.2 Å². The molecule has 0 radical (unpaired) electrons. The van der Waals surface area contributed by atoms with Crippen molar-refractivity contribution in [2.45, 2.75) is 125 Å². The Balaban J connectivity index is 1.74. The molecule has 236 valence electrons. The van der Waals surface area contributed by atoms with Gasteiger partial charge in [0.05, 0.1) is 12.9 Å². The zero-order chi connectivity index (χ0) is 31.0. The molecule has 8 nitrogen and oxygen atoms in total. The number of rotatable bonds is 9. The van der Waals surface area contributed by atoms with E-state index < -0.39 is 12.2 Å². The van der Waals surface area contributed by atoms with Gasteiger partial charge in [-0.05, 0) is 99.7 Å². The molecule has 4 aliphatic rings. The van der Waals surface area contributed by atoms with E-state index in [1.54, 1.807) is 0 Å². The first-order valence-corrected chi connectivity index (χ1v) is 16.0. The van der Waals surface area contributed by atoms with Crippen molar-refractivity contribution in [3.63, 3.8) is 0 Å². The second-order valence-corrected chi connectivity index (χ2v) is 14.3. The number of allylic oxidation sites excluding steroid dienone is 2. The summed E-state index contributed by atoms with van der Waals surface area (Å²) in [5.74, 6) is 1.32. The summed E-state index contributed by atoms with van der Waals surface area (Å²) in [7, 11) is 1.44. The van der Waals surface area contributed by atoms with Gasteiger partial charge in [-0.1, -0.05) is 20.8 Å². The Bertz CT molecular complexity index is 1080.